The normalized spacial score (nSPS) is 12.5. The van der Waals surface area contributed by atoms with Crippen molar-refractivity contribution in [2.75, 3.05) is 0 Å². The lowest BCUT2D eigenvalue weighted by molar-refractivity contribution is 0.0998. The van der Waals surface area contributed by atoms with Crippen molar-refractivity contribution in [1.29, 1.82) is 0 Å². The molecular formula is C15H12ClN3O3S3. The van der Waals surface area contributed by atoms with Crippen LogP contribution in [0.1, 0.15) is 15.9 Å². The molecule has 0 aliphatic heterocycles. The van der Waals surface area contributed by atoms with Gasteiger partial charge in [-0.15, -0.1) is 22.7 Å². The first kappa shape index (κ1) is 18.0. The molecule has 25 heavy (non-hydrogen) atoms. The van der Waals surface area contributed by atoms with Crippen LogP contribution in [0.15, 0.2) is 56.5 Å². The molecule has 0 unspecified atom stereocenters. The fraction of sp³-hybridized carbons (Fsp3) is 0.0667. The maximum absolute atomic E-state index is 12.3. The first-order valence-electron chi connectivity index (χ1n) is 6.92. The Morgan fingerprint density at radius 1 is 1.28 bits per heavy atom. The number of nitrogens with zero attached hydrogens (tertiary/aromatic N) is 2. The van der Waals surface area contributed by atoms with Crippen molar-refractivity contribution in [2.45, 2.75) is 10.8 Å². The minimum absolute atomic E-state index is 0.0684. The van der Waals surface area contributed by atoms with Gasteiger partial charge in [-0.05, 0) is 17.7 Å². The van der Waals surface area contributed by atoms with E-state index in [0.717, 1.165) is 16.9 Å². The highest BCUT2D eigenvalue weighted by molar-refractivity contribution is 7.91. The molecular weight excluding hydrogens is 402 g/mol. The molecule has 1 aromatic carbocycles. The van der Waals surface area contributed by atoms with E-state index in [9.17, 15) is 13.2 Å². The van der Waals surface area contributed by atoms with Crippen molar-refractivity contribution in [2.24, 2.45) is 10.1 Å². The number of thiazole rings is 1. The molecule has 0 spiro atoms. The molecule has 6 nitrogen and oxygen atoms in total. The standard InChI is InChI=1S/C15H12ClN3O3S3/c16-12-4-2-1-3-10(12)8-19-5-6-23-15(19)18-14(20)11-7-13(24-9-11)25(17,21)22/h1-7,9H,8H2,(H2,17,21,22). The Morgan fingerprint density at radius 2 is 2.04 bits per heavy atom. The van der Waals surface area contributed by atoms with Crippen molar-refractivity contribution in [3.63, 3.8) is 0 Å². The Bertz CT molecular complexity index is 1100. The highest BCUT2D eigenvalue weighted by atomic mass is 35.5. The smallest absolute Gasteiger partial charge is 0.280 e. The lowest BCUT2D eigenvalue weighted by Gasteiger charge is -2.05. The molecule has 10 heteroatoms. The van der Waals surface area contributed by atoms with Gasteiger partial charge in [0, 0.05) is 22.0 Å². The van der Waals surface area contributed by atoms with Gasteiger partial charge in [0.1, 0.15) is 4.21 Å². The largest absolute Gasteiger partial charge is 0.319 e. The van der Waals surface area contributed by atoms with Crippen LogP contribution < -0.4 is 9.94 Å². The van der Waals surface area contributed by atoms with E-state index in [1.807, 2.05) is 29.8 Å². The van der Waals surface area contributed by atoms with Crippen LogP contribution in [0.4, 0.5) is 0 Å². The van der Waals surface area contributed by atoms with Gasteiger partial charge in [-0.2, -0.15) is 4.99 Å². The van der Waals surface area contributed by atoms with E-state index in [4.69, 9.17) is 16.7 Å². The topological polar surface area (TPSA) is 94.5 Å². The second-order valence-corrected chi connectivity index (χ2v) is 9.00. The summed E-state index contributed by atoms with van der Waals surface area (Å²) >= 11 is 8.36. The van der Waals surface area contributed by atoms with E-state index in [-0.39, 0.29) is 9.77 Å². The number of thiophene rings is 1. The third kappa shape index (κ3) is 4.25. The van der Waals surface area contributed by atoms with Crippen molar-refractivity contribution in [3.05, 3.63) is 68.2 Å². The maximum atomic E-state index is 12.3. The monoisotopic (exact) mass is 413 g/mol. The molecule has 0 bridgehead atoms. The number of sulfonamides is 1. The highest BCUT2D eigenvalue weighted by Gasteiger charge is 2.15. The summed E-state index contributed by atoms with van der Waals surface area (Å²) in [7, 11) is -3.82. The van der Waals surface area contributed by atoms with Gasteiger partial charge in [-0.25, -0.2) is 13.6 Å². The summed E-state index contributed by atoms with van der Waals surface area (Å²) < 4.78 is 24.3. The van der Waals surface area contributed by atoms with Gasteiger partial charge in [0.25, 0.3) is 5.91 Å². The number of hydrogen-bond acceptors (Lipinski definition) is 5. The zero-order chi connectivity index (χ0) is 18.0. The minimum Gasteiger partial charge on any atom is -0.319 e. The Balaban J connectivity index is 1.90. The van der Waals surface area contributed by atoms with Crippen molar-refractivity contribution >= 4 is 50.2 Å². The summed E-state index contributed by atoms with van der Waals surface area (Å²) in [5, 5.41) is 8.93. The molecule has 0 radical (unpaired) electrons. The third-order valence-corrected chi connectivity index (χ3v) is 6.81. The zero-order valence-electron chi connectivity index (χ0n) is 12.6. The lowest BCUT2D eigenvalue weighted by Crippen LogP contribution is -2.17. The average Bonchev–Trinajstić information content (AvgIpc) is 3.19. The number of aromatic nitrogens is 1. The Hall–Kier alpha value is -1.78. The second kappa shape index (κ2) is 7.22. The molecule has 0 saturated heterocycles. The van der Waals surface area contributed by atoms with Crippen molar-refractivity contribution in [1.82, 2.24) is 4.57 Å². The van der Waals surface area contributed by atoms with Gasteiger partial charge in [0.2, 0.25) is 10.0 Å². The van der Waals surface area contributed by atoms with Crippen molar-refractivity contribution < 1.29 is 13.2 Å². The summed E-state index contributed by atoms with van der Waals surface area (Å²) in [6, 6.07) is 8.66. The van der Waals surface area contributed by atoms with E-state index in [1.54, 1.807) is 10.6 Å². The molecule has 2 aromatic heterocycles. The number of nitrogens with two attached hydrogens (primary N) is 1. The summed E-state index contributed by atoms with van der Waals surface area (Å²) in [5.74, 6) is -0.526. The minimum atomic E-state index is -3.82. The van der Waals surface area contributed by atoms with Crippen LogP contribution in [0.3, 0.4) is 0 Å². The molecule has 0 aliphatic rings. The van der Waals surface area contributed by atoms with E-state index < -0.39 is 15.9 Å². The quantitative estimate of drug-likeness (QED) is 0.712. The van der Waals surface area contributed by atoms with Gasteiger partial charge in [0.05, 0.1) is 12.1 Å². The number of carbonyl (C=O) groups excluding carboxylic acids is 1. The van der Waals surface area contributed by atoms with Gasteiger partial charge in [-0.3, -0.25) is 4.79 Å². The number of amides is 1. The molecule has 0 saturated carbocycles. The first-order chi connectivity index (χ1) is 11.8. The molecule has 130 valence electrons. The average molecular weight is 414 g/mol. The van der Waals surface area contributed by atoms with Crippen LogP contribution in [0, 0.1) is 0 Å². The van der Waals surface area contributed by atoms with Crippen LogP contribution in [-0.4, -0.2) is 18.9 Å². The number of rotatable bonds is 4. The van der Waals surface area contributed by atoms with E-state index in [0.29, 0.717) is 16.4 Å². The summed E-state index contributed by atoms with van der Waals surface area (Å²) in [6.07, 6.45) is 1.81. The predicted octanol–water partition coefficient (Wildman–Crippen LogP) is 2.70. The summed E-state index contributed by atoms with van der Waals surface area (Å²) in [6.45, 7) is 0.474. The molecule has 0 fully saturated rings. The highest BCUT2D eigenvalue weighted by Crippen LogP contribution is 2.19. The molecule has 2 N–H and O–H groups in total. The number of benzene rings is 1. The fourth-order valence-corrected chi connectivity index (χ4v) is 4.55. The SMILES string of the molecule is NS(=O)(=O)c1cc(C(=O)N=c2sccn2Cc2ccccc2Cl)cs1. The third-order valence-electron chi connectivity index (χ3n) is 3.26. The van der Waals surface area contributed by atoms with Crippen molar-refractivity contribution in [3.8, 4) is 0 Å². The Morgan fingerprint density at radius 3 is 2.72 bits per heavy atom. The first-order valence-corrected chi connectivity index (χ1v) is 10.6. The number of halogens is 1. The van der Waals surface area contributed by atoms with E-state index in [1.165, 1.54) is 22.8 Å². The summed E-state index contributed by atoms with van der Waals surface area (Å²) in [4.78, 5) is 16.9. The van der Waals surface area contributed by atoms with Gasteiger partial charge < -0.3 is 4.57 Å². The van der Waals surface area contributed by atoms with E-state index >= 15 is 0 Å². The molecule has 0 atom stereocenters. The number of primary sulfonamides is 1. The molecule has 2 heterocycles. The van der Waals surface area contributed by atoms with Crippen LogP contribution in [-0.2, 0) is 16.6 Å². The van der Waals surface area contributed by atoms with Crippen LogP contribution >= 0.6 is 34.3 Å². The number of hydrogen-bond donors (Lipinski definition) is 1. The molecule has 0 aliphatic carbocycles. The van der Waals surface area contributed by atoms with Gasteiger partial charge in [-0.1, -0.05) is 29.8 Å². The van der Waals surface area contributed by atoms with Crippen LogP contribution in [0.2, 0.25) is 5.02 Å². The predicted molar refractivity (Wildman–Crippen MR) is 98.4 cm³/mol. The zero-order valence-corrected chi connectivity index (χ0v) is 15.8. The van der Waals surface area contributed by atoms with Crippen LogP contribution in [0.5, 0.6) is 0 Å². The lowest BCUT2D eigenvalue weighted by atomic mass is 10.2. The van der Waals surface area contributed by atoms with E-state index in [2.05, 4.69) is 4.99 Å². The Kier molecular flexibility index (Phi) is 5.21. The van der Waals surface area contributed by atoms with Gasteiger partial charge >= 0.3 is 0 Å². The molecule has 1 amide bonds. The molecule has 3 rings (SSSR count). The van der Waals surface area contributed by atoms with Gasteiger partial charge in [0.15, 0.2) is 4.80 Å². The molecule has 3 aromatic rings. The summed E-state index contributed by atoms with van der Waals surface area (Å²) in [5.41, 5.74) is 1.09. The maximum Gasteiger partial charge on any atom is 0.280 e. The fourth-order valence-electron chi connectivity index (χ4n) is 2.05. The van der Waals surface area contributed by atoms with Crippen LogP contribution in [0.25, 0.3) is 0 Å². The second-order valence-electron chi connectivity index (χ2n) is 5.02. The Labute approximate surface area is 156 Å². The number of carbonyl (C=O) groups is 1.